The monoisotopic (exact) mass is 267 g/mol. The number of benzene rings is 1. The van der Waals surface area contributed by atoms with Gasteiger partial charge < -0.3 is 10.0 Å². The number of carboxylic acids is 1. The number of terminal acetylenes is 1. The molecule has 0 fully saturated rings. The molecule has 1 aromatic carbocycles. The van der Waals surface area contributed by atoms with Crippen LogP contribution in [0.5, 0.6) is 0 Å². The molecule has 1 aromatic rings. The molecule has 3 nitrogen and oxygen atoms in total. The molecular weight excluding hydrogens is 258 g/mol. The van der Waals surface area contributed by atoms with E-state index in [4.69, 9.17) is 11.5 Å². The lowest BCUT2D eigenvalue weighted by Gasteiger charge is -2.16. The fourth-order valence-corrected chi connectivity index (χ4v) is 1.68. The highest BCUT2D eigenvalue weighted by Crippen LogP contribution is 2.23. The third-order valence-electron chi connectivity index (χ3n) is 1.95. The maximum Gasteiger partial charge on any atom is 0.336 e. The second-order valence-corrected chi connectivity index (χ2v) is 3.88. The summed E-state index contributed by atoms with van der Waals surface area (Å²) in [6, 6.07) is 5.01. The van der Waals surface area contributed by atoms with Crippen molar-refractivity contribution in [1.82, 2.24) is 0 Å². The van der Waals surface area contributed by atoms with Crippen molar-refractivity contribution in [2.75, 3.05) is 18.5 Å². The van der Waals surface area contributed by atoms with E-state index in [1.165, 1.54) is 0 Å². The van der Waals surface area contributed by atoms with Crippen LogP contribution in [0, 0.1) is 12.3 Å². The first kappa shape index (κ1) is 11.6. The van der Waals surface area contributed by atoms with Crippen LogP contribution in [0.1, 0.15) is 10.4 Å². The van der Waals surface area contributed by atoms with Crippen molar-refractivity contribution in [3.8, 4) is 12.3 Å². The summed E-state index contributed by atoms with van der Waals surface area (Å²) >= 11 is 3.21. The van der Waals surface area contributed by atoms with Crippen LogP contribution in [0.4, 0.5) is 5.69 Å². The molecule has 0 saturated heterocycles. The number of carbonyl (C=O) groups is 1. The Morgan fingerprint density at radius 3 is 2.80 bits per heavy atom. The fourth-order valence-electron chi connectivity index (χ4n) is 1.14. The van der Waals surface area contributed by atoms with Gasteiger partial charge in [0.05, 0.1) is 12.1 Å². The Labute approximate surface area is 96.8 Å². The van der Waals surface area contributed by atoms with E-state index in [1.807, 2.05) is 11.9 Å². The summed E-state index contributed by atoms with van der Waals surface area (Å²) in [5, 5.41) is 8.82. The van der Waals surface area contributed by atoms with Crippen LogP contribution < -0.4 is 4.90 Å². The van der Waals surface area contributed by atoms with Gasteiger partial charge in [0.15, 0.2) is 0 Å². The van der Waals surface area contributed by atoms with Gasteiger partial charge in [0.25, 0.3) is 0 Å². The van der Waals surface area contributed by atoms with E-state index in [1.54, 1.807) is 18.2 Å². The van der Waals surface area contributed by atoms with Gasteiger partial charge in [-0.3, -0.25) is 0 Å². The number of aromatic carboxylic acids is 1. The molecule has 0 unspecified atom stereocenters. The van der Waals surface area contributed by atoms with E-state index in [2.05, 4.69) is 21.9 Å². The smallest absolute Gasteiger partial charge is 0.336 e. The highest BCUT2D eigenvalue weighted by molar-refractivity contribution is 9.10. The number of hydrogen-bond acceptors (Lipinski definition) is 2. The molecule has 0 bridgehead atoms. The van der Waals surface area contributed by atoms with Gasteiger partial charge in [0.1, 0.15) is 0 Å². The lowest BCUT2D eigenvalue weighted by molar-refractivity contribution is 0.0696. The Kier molecular flexibility index (Phi) is 3.75. The highest BCUT2D eigenvalue weighted by atomic mass is 79.9. The Morgan fingerprint density at radius 1 is 1.67 bits per heavy atom. The molecule has 1 rings (SSSR count). The minimum absolute atomic E-state index is 0.243. The van der Waals surface area contributed by atoms with Crippen molar-refractivity contribution < 1.29 is 9.90 Å². The molecule has 0 aliphatic carbocycles. The van der Waals surface area contributed by atoms with Gasteiger partial charge in [0.2, 0.25) is 0 Å². The first-order valence-corrected chi connectivity index (χ1v) is 5.03. The van der Waals surface area contributed by atoms with Crippen molar-refractivity contribution in [3.05, 3.63) is 28.2 Å². The van der Waals surface area contributed by atoms with Crippen LogP contribution >= 0.6 is 15.9 Å². The number of nitrogens with zero attached hydrogens (tertiary/aromatic N) is 1. The number of carboxylic acid groups (broad SMARTS) is 1. The van der Waals surface area contributed by atoms with Gasteiger partial charge in [-0.05, 0) is 34.1 Å². The maximum atomic E-state index is 10.8. The van der Waals surface area contributed by atoms with Crippen molar-refractivity contribution in [2.45, 2.75) is 0 Å². The zero-order chi connectivity index (χ0) is 11.4. The molecule has 0 heterocycles. The summed E-state index contributed by atoms with van der Waals surface area (Å²) in [6.45, 7) is 0.485. The zero-order valence-corrected chi connectivity index (χ0v) is 9.78. The van der Waals surface area contributed by atoms with Gasteiger partial charge >= 0.3 is 5.97 Å². The Balaban J connectivity index is 3.02. The molecule has 0 aliphatic heterocycles. The maximum absolute atomic E-state index is 10.8. The van der Waals surface area contributed by atoms with Crippen LogP contribution in [0.3, 0.4) is 0 Å². The van der Waals surface area contributed by atoms with Gasteiger partial charge in [-0.2, -0.15) is 0 Å². The molecule has 0 aromatic heterocycles. The molecule has 0 saturated carbocycles. The fraction of sp³-hybridized carbons (Fsp3) is 0.182. The number of hydrogen-bond donors (Lipinski definition) is 1. The molecule has 15 heavy (non-hydrogen) atoms. The van der Waals surface area contributed by atoms with Crippen molar-refractivity contribution in [1.29, 1.82) is 0 Å². The average Bonchev–Trinajstić information content (AvgIpc) is 2.17. The predicted octanol–water partition coefficient (Wildman–Crippen LogP) is 2.22. The van der Waals surface area contributed by atoms with E-state index in [0.717, 1.165) is 5.69 Å². The lowest BCUT2D eigenvalue weighted by Crippen LogP contribution is -2.17. The third kappa shape index (κ3) is 2.74. The molecule has 4 heteroatoms. The summed E-state index contributed by atoms with van der Waals surface area (Å²) in [5.74, 6) is 1.57. The quantitative estimate of drug-likeness (QED) is 0.854. The molecular formula is C11H10BrNO2. The normalized spacial score (nSPS) is 9.40. The van der Waals surface area contributed by atoms with Crippen molar-refractivity contribution in [2.24, 2.45) is 0 Å². The SMILES string of the molecule is C#CCN(C)c1ccc(C(=O)O)c(Br)c1. The zero-order valence-electron chi connectivity index (χ0n) is 8.20. The topological polar surface area (TPSA) is 40.5 Å². The minimum Gasteiger partial charge on any atom is -0.478 e. The largest absolute Gasteiger partial charge is 0.478 e. The Bertz CT molecular complexity index is 423. The van der Waals surface area contributed by atoms with E-state index < -0.39 is 5.97 Å². The number of halogens is 1. The minimum atomic E-state index is -0.951. The summed E-state index contributed by atoms with van der Waals surface area (Å²) in [4.78, 5) is 12.6. The van der Waals surface area contributed by atoms with Crippen LogP contribution in [-0.2, 0) is 0 Å². The van der Waals surface area contributed by atoms with Crippen LogP contribution in [0.15, 0.2) is 22.7 Å². The molecule has 1 N–H and O–H groups in total. The van der Waals surface area contributed by atoms with Gasteiger partial charge in [-0.25, -0.2) is 4.79 Å². The summed E-state index contributed by atoms with van der Waals surface area (Å²) in [7, 11) is 1.85. The van der Waals surface area contributed by atoms with Gasteiger partial charge in [0, 0.05) is 17.2 Å². The first-order chi connectivity index (χ1) is 7.06. The Morgan fingerprint density at radius 2 is 2.33 bits per heavy atom. The summed E-state index contributed by atoms with van der Waals surface area (Å²) < 4.78 is 0.552. The molecule has 0 spiro atoms. The van der Waals surface area contributed by atoms with Crippen LogP contribution in [0.2, 0.25) is 0 Å². The number of rotatable bonds is 3. The lowest BCUT2D eigenvalue weighted by atomic mass is 10.2. The van der Waals surface area contributed by atoms with Gasteiger partial charge in [-0.1, -0.05) is 5.92 Å². The molecule has 0 radical (unpaired) electrons. The van der Waals surface area contributed by atoms with Crippen molar-refractivity contribution in [3.63, 3.8) is 0 Å². The van der Waals surface area contributed by atoms with E-state index >= 15 is 0 Å². The second-order valence-electron chi connectivity index (χ2n) is 3.03. The van der Waals surface area contributed by atoms with Crippen LogP contribution in [-0.4, -0.2) is 24.7 Å². The van der Waals surface area contributed by atoms with E-state index in [0.29, 0.717) is 11.0 Å². The van der Waals surface area contributed by atoms with Crippen molar-refractivity contribution >= 4 is 27.6 Å². The molecule has 0 atom stereocenters. The van der Waals surface area contributed by atoms with Gasteiger partial charge in [-0.15, -0.1) is 6.42 Å². The third-order valence-corrected chi connectivity index (χ3v) is 2.61. The Hall–Kier alpha value is -1.47. The highest BCUT2D eigenvalue weighted by Gasteiger charge is 2.09. The average molecular weight is 268 g/mol. The molecule has 78 valence electrons. The first-order valence-electron chi connectivity index (χ1n) is 4.23. The van der Waals surface area contributed by atoms with E-state index in [9.17, 15) is 4.79 Å². The summed E-state index contributed by atoms with van der Waals surface area (Å²) in [5.41, 5.74) is 1.12. The van der Waals surface area contributed by atoms with E-state index in [-0.39, 0.29) is 5.56 Å². The van der Waals surface area contributed by atoms with Crippen LogP contribution in [0.25, 0.3) is 0 Å². The summed E-state index contributed by atoms with van der Waals surface area (Å²) in [6.07, 6.45) is 5.19. The second kappa shape index (κ2) is 4.85. The molecule has 0 aliphatic rings. The predicted molar refractivity (Wildman–Crippen MR) is 63.2 cm³/mol. The standard InChI is InChI=1S/C11H10BrNO2/c1-3-6-13(2)8-4-5-9(11(14)15)10(12)7-8/h1,4-5,7H,6H2,2H3,(H,14,15). The molecule has 0 amide bonds. The number of anilines is 1.